The molecule has 0 saturated carbocycles. The number of nitrogens with one attached hydrogen (secondary N) is 1. The van der Waals surface area contributed by atoms with E-state index in [0.717, 1.165) is 17.9 Å². The Labute approximate surface area is 97.4 Å². The van der Waals surface area contributed by atoms with Crippen molar-refractivity contribution in [2.75, 3.05) is 7.11 Å². The second kappa shape index (κ2) is 5.32. The first kappa shape index (κ1) is 13.0. The molecule has 1 unspecified atom stereocenters. The highest BCUT2D eigenvalue weighted by Gasteiger charge is 2.21. The van der Waals surface area contributed by atoms with Crippen molar-refractivity contribution >= 4 is 0 Å². The fourth-order valence-corrected chi connectivity index (χ4v) is 1.30. The lowest BCUT2D eigenvalue weighted by molar-refractivity contribution is 0.0437. The quantitative estimate of drug-likeness (QED) is 0.801. The molecule has 1 atom stereocenters. The van der Waals surface area contributed by atoms with E-state index in [1.807, 2.05) is 31.2 Å². The Morgan fingerprint density at radius 1 is 1.44 bits per heavy atom. The number of rotatable bonds is 5. The smallest absolute Gasteiger partial charge is 0.119 e. The predicted octanol–water partition coefficient (Wildman–Crippen LogP) is 1.94. The highest BCUT2D eigenvalue weighted by atomic mass is 16.5. The molecule has 0 saturated heterocycles. The molecule has 0 bridgehead atoms. The summed E-state index contributed by atoms with van der Waals surface area (Å²) >= 11 is 0. The van der Waals surface area contributed by atoms with Gasteiger partial charge in [-0.05, 0) is 38.5 Å². The molecule has 0 radical (unpaired) electrons. The van der Waals surface area contributed by atoms with Gasteiger partial charge in [-0.25, -0.2) is 0 Å². The van der Waals surface area contributed by atoms with Crippen LogP contribution in [0.3, 0.4) is 0 Å². The fraction of sp³-hybridized carbons (Fsp3) is 0.538. The third-order valence-corrected chi connectivity index (χ3v) is 2.81. The maximum atomic E-state index is 9.78. The summed E-state index contributed by atoms with van der Waals surface area (Å²) < 4.78 is 5.15. The molecule has 0 aliphatic rings. The van der Waals surface area contributed by atoms with E-state index < -0.39 is 5.60 Å². The van der Waals surface area contributed by atoms with E-state index in [1.54, 1.807) is 21.0 Å². The van der Waals surface area contributed by atoms with Crippen LogP contribution >= 0.6 is 0 Å². The van der Waals surface area contributed by atoms with Crippen molar-refractivity contribution < 1.29 is 9.84 Å². The van der Waals surface area contributed by atoms with Crippen molar-refractivity contribution in [1.29, 1.82) is 0 Å². The van der Waals surface area contributed by atoms with Crippen LogP contribution in [0.5, 0.6) is 5.75 Å². The highest BCUT2D eigenvalue weighted by Crippen LogP contribution is 2.13. The molecule has 0 fully saturated rings. The summed E-state index contributed by atoms with van der Waals surface area (Å²) in [6.45, 7) is 6.30. The zero-order valence-electron chi connectivity index (χ0n) is 10.4. The van der Waals surface area contributed by atoms with Crippen molar-refractivity contribution in [3.8, 4) is 5.75 Å². The number of hydrogen-bond donors (Lipinski definition) is 2. The molecule has 90 valence electrons. The standard InChI is InChI=1S/C13H21NO2/c1-10(13(2,3)15)14-9-11-6-5-7-12(8-11)16-4/h5-8,10,14-15H,9H2,1-4H3. The normalized spacial score (nSPS) is 13.6. The Balaban J connectivity index is 2.54. The van der Waals surface area contributed by atoms with E-state index in [4.69, 9.17) is 4.74 Å². The Kier molecular flexibility index (Phi) is 4.33. The number of benzene rings is 1. The van der Waals surface area contributed by atoms with Gasteiger partial charge in [0, 0.05) is 12.6 Å². The van der Waals surface area contributed by atoms with Crippen molar-refractivity contribution in [2.24, 2.45) is 0 Å². The Bertz CT molecular complexity index is 331. The van der Waals surface area contributed by atoms with Crippen LogP contribution in [0, 0.1) is 0 Å². The van der Waals surface area contributed by atoms with Crippen molar-refractivity contribution in [2.45, 2.75) is 39.0 Å². The van der Waals surface area contributed by atoms with E-state index in [1.165, 1.54) is 0 Å². The maximum absolute atomic E-state index is 9.78. The average Bonchev–Trinajstić information content (AvgIpc) is 2.25. The SMILES string of the molecule is COc1cccc(CNC(C)C(C)(C)O)c1. The van der Waals surface area contributed by atoms with Gasteiger partial charge in [0.1, 0.15) is 5.75 Å². The summed E-state index contributed by atoms with van der Waals surface area (Å²) in [5, 5.41) is 13.1. The number of ether oxygens (including phenoxy) is 1. The minimum atomic E-state index is -0.709. The summed E-state index contributed by atoms with van der Waals surface area (Å²) in [7, 11) is 1.66. The summed E-state index contributed by atoms with van der Waals surface area (Å²) in [6, 6.07) is 7.95. The monoisotopic (exact) mass is 223 g/mol. The van der Waals surface area contributed by atoms with Gasteiger partial charge in [0.05, 0.1) is 12.7 Å². The Morgan fingerprint density at radius 2 is 2.12 bits per heavy atom. The Morgan fingerprint density at radius 3 is 2.69 bits per heavy atom. The first-order chi connectivity index (χ1) is 7.43. The minimum absolute atomic E-state index is 0.0405. The molecule has 0 aliphatic carbocycles. The highest BCUT2D eigenvalue weighted by molar-refractivity contribution is 5.28. The third-order valence-electron chi connectivity index (χ3n) is 2.81. The predicted molar refractivity (Wildman–Crippen MR) is 65.6 cm³/mol. The molecule has 0 heterocycles. The first-order valence-electron chi connectivity index (χ1n) is 5.52. The van der Waals surface area contributed by atoms with E-state index in [2.05, 4.69) is 5.32 Å². The second-order valence-electron chi connectivity index (χ2n) is 4.61. The molecule has 0 aliphatic heterocycles. The molecule has 1 aromatic rings. The van der Waals surface area contributed by atoms with E-state index in [-0.39, 0.29) is 6.04 Å². The molecule has 0 aromatic heterocycles. The van der Waals surface area contributed by atoms with Crippen molar-refractivity contribution in [3.63, 3.8) is 0 Å². The third kappa shape index (κ3) is 3.83. The summed E-state index contributed by atoms with van der Waals surface area (Å²) in [6.07, 6.45) is 0. The molecule has 0 amide bonds. The van der Waals surface area contributed by atoms with Gasteiger partial charge < -0.3 is 15.2 Å². The molecular formula is C13H21NO2. The van der Waals surface area contributed by atoms with Crippen LogP contribution in [0.15, 0.2) is 24.3 Å². The lowest BCUT2D eigenvalue weighted by Crippen LogP contribution is -2.44. The average molecular weight is 223 g/mol. The molecular weight excluding hydrogens is 202 g/mol. The molecule has 3 heteroatoms. The minimum Gasteiger partial charge on any atom is -0.497 e. The molecule has 1 rings (SSSR count). The van der Waals surface area contributed by atoms with Gasteiger partial charge in [0.15, 0.2) is 0 Å². The Hall–Kier alpha value is -1.06. The fourth-order valence-electron chi connectivity index (χ4n) is 1.30. The summed E-state index contributed by atoms with van der Waals surface area (Å²) in [5.41, 5.74) is 0.439. The lowest BCUT2D eigenvalue weighted by atomic mass is 10.0. The molecule has 1 aromatic carbocycles. The van der Waals surface area contributed by atoms with Crippen LogP contribution in [-0.2, 0) is 6.54 Å². The van der Waals surface area contributed by atoms with Gasteiger partial charge in [-0.15, -0.1) is 0 Å². The maximum Gasteiger partial charge on any atom is 0.119 e. The second-order valence-corrected chi connectivity index (χ2v) is 4.61. The van der Waals surface area contributed by atoms with Gasteiger partial charge in [-0.1, -0.05) is 12.1 Å². The summed E-state index contributed by atoms with van der Waals surface area (Å²) in [5.74, 6) is 0.857. The first-order valence-corrected chi connectivity index (χ1v) is 5.52. The van der Waals surface area contributed by atoms with Gasteiger partial charge in [-0.2, -0.15) is 0 Å². The number of aliphatic hydroxyl groups is 1. The van der Waals surface area contributed by atoms with Gasteiger partial charge in [-0.3, -0.25) is 0 Å². The van der Waals surface area contributed by atoms with Crippen molar-refractivity contribution in [3.05, 3.63) is 29.8 Å². The number of methoxy groups -OCH3 is 1. The molecule has 2 N–H and O–H groups in total. The topological polar surface area (TPSA) is 41.5 Å². The van der Waals surface area contributed by atoms with Gasteiger partial charge in [0.2, 0.25) is 0 Å². The van der Waals surface area contributed by atoms with Gasteiger partial charge in [0.25, 0.3) is 0 Å². The zero-order valence-corrected chi connectivity index (χ0v) is 10.4. The van der Waals surface area contributed by atoms with E-state index >= 15 is 0 Å². The largest absolute Gasteiger partial charge is 0.497 e. The van der Waals surface area contributed by atoms with Crippen LogP contribution in [-0.4, -0.2) is 23.9 Å². The zero-order chi connectivity index (χ0) is 12.2. The molecule has 3 nitrogen and oxygen atoms in total. The molecule has 0 spiro atoms. The van der Waals surface area contributed by atoms with E-state index in [0.29, 0.717) is 0 Å². The summed E-state index contributed by atoms with van der Waals surface area (Å²) in [4.78, 5) is 0. The number of hydrogen-bond acceptors (Lipinski definition) is 3. The van der Waals surface area contributed by atoms with Crippen LogP contribution in [0.4, 0.5) is 0 Å². The lowest BCUT2D eigenvalue weighted by Gasteiger charge is -2.26. The van der Waals surface area contributed by atoms with E-state index in [9.17, 15) is 5.11 Å². The van der Waals surface area contributed by atoms with Crippen LogP contribution in [0.1, 0.15) is 26.3 Å². The molecule has 16 heavy (non-hydrogen) atoms. The van der Waals surface area contributed by atoms with Crippen LogP contribution < -0.4 is 10.1 Å². The van der Waals surface area contributed by atoms with Crippen LogP contribution in [0.25, 0.3) is 0 Å². The van der Waals surface area contributed by atoms with Crippen LogP contribution in [0.2, 0.25) is 0 Å². The van der Waals surface area contributed by atoms with Crippen molar-refractivity contribution in [1.82, 2.24) is 5.32 Å². The van der Waals surface area contributed by atoms with Gasteiger partial charge >= 0.3 is 0 Å².